The third-order valence-electron chi connectivity index (χ3n) is 5.41. The Bertz CT molecular complexity index is 478. The molecule has 0 radical (unpaired) electrons. The average Bonchev–Trinajstić information content (AvgIpc) is 2.53. The Morgan fingerprint density at radius 3 is 2.09 bits per heavy atom. The Morgan fingerprint density at radius 2 is 1.64 bits per heavy atom. The third-order valence-corrected chi connectivity index (χ3v) is 5.41. The highest BCUT2D eigenvalue weighted by molar-refractivity contribution is 5.29. The molecule has 22 heavy (non-hydrogen) atoms. The van der Waals surface area contributed by atoms with Gasteiger partial charge in [-0.1, -0.05) is 54.9 Å². The molecule has 0 saturated carbocycles. The lowest BCUT2D eigenvalue weighted by atomic mass is 9.79. The van der Waals surface area contributed by atoms with Crippen molar-refractivity contribution < 1.29 is 5.11 Å². The smallest absolute Gasteiger partial charge is 0.134 e. The quantitative estimate of drug-likeness (QED) is 0.729. The van der Waals surface area contributed by atoms with Crippen molar-refractivity contribution in [1.82, 2.24) is 9.97 Å². The van der Waals surface area contributed by atoms with E-state index in [1.807, 2.05) is 6.20 Å². The normalized spacial score (nSPS) is 14.2. The molecule has 1 aromatic rings. The van der Waals surface area contributed by atoms with Gasteiger partial charge < -0.3 is 5.11 Å². The third kappa shape index (κ3) is 3.87. The number of rotatable bonds is 8. The van der Waals surface area contributed by atoms with Crippen molar-refractivity contribution in [2.45, 2.75) is 97.5 Å². The molecule has 1 unspecified atom stereocenters. The van der Waals surface area contributed by atoms with Crippen LogP contribution in [0.3, 0.4) is 0 Å². The zero-order chi connectivity index (χ0) is 17.0. The number of aromatic nitrogens is 2. The summed E-state index contributed by atoms with van der Waals surface area (Å²) in [6.45, 7) is 15.2. The minimum Gasteiger partial charge on any atom is -0.387 e. The summed E-state index contributed by atoms with van der Waals surface area (Å²) < 4.78 is 0. The molecule has 0 saturated heterocycles. The first kappa shape index (κ1) is 19.1. The van der Waals surface area contributed by atoms with E-state index in [9.17, 15) is 5.11 Å². The molecule has 0 fully saturated rings. The minimum absolute atomic E-state index is 0.0165. The van der Waals surface area contributed by atoms with Crippen LogP contribution in [-0.2, 0) is 10.8 Å². The SMILES string of the molecule is CCCC(O)c1nc(C(C)(CC)CC)ncc1C(C)(C)CC. The highest BCUT2D eigenvalue weighted by atomic mass is 16.3. The van der Waals surface area contributed by atoms with Crippen molar-refractivity contribution in [1.29, 1.82) is 0 Å². The molecule has 0 aliphatic heterocycles. The van der Waals surface area contributed by atoms with E-state index in [1.54, 1.807) is 0 Å². The molecular formula is C19H34N2O. The summed E-state index contributed by atoms with van der Waals surface area (Å²) in [4.78, 5) is 9.55. The van der Waals surface area contributed by atoms with E-state index in [2.05, 4.69) is 53.5 Å². The van der Waals surface area contributed by atoms with Gasteiger partial charge in [0.1, 0.15) is 5.82 Å². The van der Waals surface area contributed by atoms with Crippen LogP contribution in [0.1, 0.15) is 104 Å². The second kappa shape index (κ2) is 7.54. The number of aliphatic hydroxyl groups is 1. The van der Waals surface area contributed by atoms with Gasteiger partial charge >= 0.3 is 0 Å². The lowest BCUT2D eigenvalue weighted by Crippen LogP contribution is -2.27. The average molecular weight is 306 g/mol. The Kier molecular flexibility index (Phi) is 6.54. The summed E-state index contributed by atoms with van der Waals surface area (Å²) in [6, 6.07) is 0. The second-order valence-electron chi connectivity index (χ2n) is 7.30. The first-order valence-corrected chi connectivity index (χ1v) is 8.81. The Labute approximate surface area is 136 Å². The summed E-state index contributed by atoms with van der Waals surface area (Å²) in [5, 5.41) is 10.6. The number of aliphatic hydroxyl groups excluding tert-OH is 1. The molecular weight excluding hydrogens is 272 g/mol. The molecule has 1 N–H and O–H groups in total. The van der Waals surface area contributed by atoms with Crippen LogP contribution < -0.4 is 0 Å². The highest BCUT2D eigenvalue weighted by Gasteiger charge is 2.31. The fourth-order valence-electron chi connectivity index (χ4n) is 2.63. The fourth-order valence-corrected chi connectivity index (χ4v) is 2.63. The van der Waals surface area contributed by atoms with Gasteiger partial charge in [0.25, 0.3) is 0 Å². The zero-order valence-electron chi connectivity index (χ0n) is 15.5. The molecule has 0 aliphatic carbocycles. The predicted molar refractivity (Wildman–Crippen MR) is 93.2 cm³/mol. The molecule has 126 valence electrons. The minimum atomic E-state index is -0.495. The van der Waals surface area contributed by atoms with E-state index in [0.717, 1.165) is 49.2 Å². The molecule has 3 heteroatoms. The summed E-state index contributed by atoms with van der Waals surface area (Å²) in [6.07, 6.45) is 6.17. The molecule has 1 rings (SSSR count). The van der Waals surface area contributed by atoms with Crippen molar-refractivity contribution in [3.8, 4) is 0 Å². The monoisotopic (exact) mass is 306 g/mol. The molecule has 1 atom stereocenters. The van der Waals surface area contributed by atoms with Crippen LogP contribution in [0.4, 0.5) is 0 Å². The maximum absolute atomic E-state index is 10.6. The van der Waals surface area contributed by atoms with Gasteiger partial charge in [0.2, 0.25) is 0 Å². The van der Waals surface area contributed by atoms with Gasteiger partial charge in [0, 0.05) is 17.2 Å². The maximum atomic E-state index is 10.6. The van der Waals surface area contributed by atoms with E-state index in [0.29, 0.717) is 0 Å². The second-order valence-corrected chi connectivity index (χ2v) is 7.30. The van der Waals surface area contributed by atoms with Gasteiger partial charge in [-0.25, -0.2) is 9.97 Å². The summed E-state index contributed by atoms with van der Waals surface area (Å²) in [7, 11) is 0. The number of nitrogens with zero attached hydrogens (tertiary/aromatic N) is 2. The maximum Gasteiger partial charge on any atom is 0.134 e. The summed E-state index contributed by atoms with van der Waals surface area (Å²) in [5.41, 5.74) is 1.90. The van der Waals surface area contributed by atoms with Crippen molar-refractivity contribution in [3.05, 3.63) is 23.3 Å². The number of hydrogen-bond donors (Lipinski definition) is 1. The standard InChI is InChI=1S/C19H34N2O/c1-8-12-15(22)16-14(18(5,6)9-2)13-20-17(21-16)19(7,10-3)11-4/h13,15,22H,8-12H2,1-7H3. The first-order valence-electron chi connectivity index (χ1n) is 8.81. The Morgan fingerprint density at radius 1 is 1.05 bits per heavy atom. The van der Waals surface area contributed by atoms with Gasteiger partial charge in [0.15, 0.2) is 0 Å². The van der Waals surface area contributed by atoms with Gasteiger partial charge in [0.05, 0.1) is 11.8 Å². The summed E-state index contributed by atoms with van der Waals surface area (Å²) in [5.74, 6) is 0.873. The van der Waals surface area contributed by atoms with E-state index < -0.39 is 6.10 Å². The van der Waals surface area contributed by atoms with Crippen molar-refractivity contribution >= 4 is 0 Å². The van der Waals surface area contributed by atoms with E-state index in [1.165, 1.54) is 0 Å². The summed E-state index contributed by atoms with van der Waals surface area (Å²) >= 11 is 0. The van der Waals surface area contributed by atoms with Crippen LogP contribution in [0.5, 0.6) is 0 Å². The fraction of sp³-hybridized carbons (Fsp3) is 0.789. The zero-order valence-corrected chi connectivity index (χ0v) is 15.5. The molecule has 1 aromatic heterocycles. The van der Waals surface area contributed by atoms with Crippen LogP contribution in [-0.4, -0.2) is 15.1 Å². The lowest BCUT2D eigenvalue weighted by molar-refractivity contribution is 0.157. The van der Waals surface area contributed by atoms with Gasteiger partial charge in [-0.3, -0.25) is 0 Å². The highest BCUT2D eigenvalue weighted by Crippen LogP contribution is 2.35. The van der Waals surface area contributed by atoms with Crippen molar-refractivity contribution in [2.75, 3.05) is 0 Å². The Hall–Kier alpha value is -0.960. The molecule has 0 bridgehead atoms. The number of hydrogen-bond acceptors (Lipinski definition) is 3. The Balaban J connectivity index is 3.44. The molecule has 3 nitrogen and oxygen atoms in total. The predicted octanol–water partition coefficient (Wildman–Crippen LogP) is 5.08. The lowest BCUT2D eigenvalue weighted by Gasteiger charge is -2.30. The first-order chi connectivity index (χ1) is 10.3. The topological polar surface area (TPSA) is 46.0 Å². The molecule has 0 amide bonds. The van der Waals surface area contributed by atoms with Crippen LogP contribution in [0, 0.1) is 0 Å². The van der Waals surface area contributed by atoms with Crippen LogP contribution >= 0.6 is 0 Å². The van der Waals surface area contributed by atoms with E-state index >= 15 is 0 Å². The van der Waals surface area contributed by atoms with Crippen LogP contribution in [0.2, 0.25) is 0 Å². The van der Waals surface area contributed by atoms with Crippen molar-refractivity contribution in [2.24, 2.45) is 0 Å². The van der Waals surface area contributed by atoms with Gasteiger partial charge in [-0.15, -0.1) is 0 Å². The van der Waals surface area contributed by atoms with Crippen LogP contribution in [0.15, 0.2) is 6.20 Å². The largest absolute Gasteiger partial charge is 0.387 e. The van der Waals surface area contributed by atoms with Gasteiger partial charge in [-0.05, 0) is 31.1 Å². The van der Waals surface area contributed by atoms with E-state index in [-0.39, 0.29) is 10.8 Å². The van der Waals surface area contributed by atoms with Gasteiger partial charge in [-0.2, -0.15) is 0 Å². The molecule has 0 spiro atoms. The van der Waals surface area contributed by atoms with Crippen molar-refractivity contribution in [3.63, 3.8) is 0 Å². The molecule has 0 aromatic carbocycles. The van der Waals surface area contributed by atoms with E-state index in [4.69, 9.17) is 4.98 Å². The molecule has 1 heterocycles. The van der Waals surface area contributed by atoms with Crippen LogP contribution in [0.25, 0.3) is 0 Å². The molecule has 0 aliphatic rings.